The molecule has 4 nitrogen and oxygen atoms in total. The number of aromatic amines is 1. The minimum absolute atomic E-state index is 0.907. The maximum Gasteiger partial charge on any atom is 0.137 e. The molecular formula is C15H12N4S. The molecule has 0 unspecified atom stereocenters. The van der Waals surface area contributed by atoms with Crippen LogP contribution >= 0.6 is 11.3 Å². The summed E-state index contributed by atoms with van der Waals surface area (Å²) in [6.45, 7) is 2.03. The van der Waals surface area contributed by atoms with E-state index >= 15 is 0 Å². The Kier molecular flexibility index (Phi) is 2.47. The Hall–Kier alpha value is -2.40. The van der Waals surface area contributed by atoms with E-state index in [2.05, 4.69) is 32.4 Å². The summed E-state index contributed by atoms with van der Waals surface area (Å²) >= 11 is 1.71. The normalized spacial score (nSPS) is 11.2. The Morgan fingerprint density at radius 3 is 3.05 bits per heavy atom. The van der Waals surface area contributed by atoms with E-state index in [-0.39, 0.29) is 0 Å². The zero-order valence-electron chi connectivity index (χ0n) is 10.8. The van der Waals surface area contributed by atoms with Crippen LogP contribution in [0.25, 0.3) is 21.3 Å². The smallest absolute Gasteiger partial charge is 0.137 e. The second kappa shape index (κ2) is 4.31. The number of nitrogens with one attached hydrogen (secondary N) is 2. The van der Waals surface area contributed by atoms with Gasteiger partial charge in [0.15, 0.2) is 0 Å². The first kappa shape index (κ1) is 11.4. The molecule has 0 atom stereocenters. The summed E-state index contributed by atoms with van der Waals surface area (Å²) in [5, 5.41) is 5.58. The first-order valence-electron chi connectivity index (χ1n) is 6.35. The molecule has 98 valence electrons. The van der Waals surface area contributed by atoms with Crippen molar-refractivity contribution in [3.63, 3.8) is 0 Å². The van der Waals surface area contributed by atoms with Gasteiger partial charge in [-0.15, -0.1) is 11.3 Å². The first-order chi connectivity index (χ1) is 9.78. The highest BCUT2D eigenvalue weighted by Gasteiger charge is 2.03. The quantitative estimate of drug-likeness (QED) is 0.578. The van der Waals surface area contributed by atoms with Crippen LogP contribution in [0.3, 0.4) is 0 Å². The minimum Gasteiger partial charge on any atom is -0.354 e. The molecule has 0 amide bonds. The van der Waals surface area contributed by atoms with E-state index in [1.165, 1.54) is 4.70 Å². The summed E-state index contributed by atoms with van der Waals surface area (Å²) in [6, 6.07) is 10.3. The number of nitrogens with zero attached hydrogens (tertiary/aromatic N) is 2. The Morgan fingerprint density at radius 2 is 2.10 bits per heavy atom. The Morgan fingerprint density at radius 1 is 1.15 bits per heavy atom. The van der Waals surface area contributed by atoms with Gasteiger partial charge in [-0.1, -0.05) is 0 Å². The van der Waals surface area contributed by atoms with Crippen LogP contribution in [0.1, 0.15) is 5.01 Å². The lowest BCUT2D eigenvalue weighted by Crippen LogP contribution is -1.90. The Balaban J connectivity index is 1.71. The fourth-order valence-electron chi connectivity index (χ4n) is 2.29. The Bertz CT molecular complexity index is 906. The van der Waals surface area contributed by atoms with Crippen LogP contribution in [0.15, 0.2) is 42.7 Å². The number of fused-ring (bicyclic) bond motifs is 2. The predicted octanol–water partition coefficient (Wildman–Crippen LogP) is 4.22. The average molecular weight is 280 g/mol. The average Bonchev–Trinajstić information content (AvgIpc) is 3.02. The van der Waals surface area contributed by atoms with Gasteiger partial charge >= 0.3 is 0 Å². The lowest BCUT2D eigenvalue weighted by Gasteiger charge is -2.05. The fraction of sp³-hybridized carbons (Fsp3) is 0.0667. The molecule has 0 aliphatic heterocycles. The maximum atomic E-state index is 4.47. The summed E-state index contributed by atoms with van der Waals surface area (Å²) in [4.78, 5) is 11.9. The summed E-state index contributed by atoms with van der Waals surface area (Å²) in [5.74, 6) is 0. The van der Waals surface area contributed by atoms with Crippen molar-refractivity contribution in [1.29, 1.82) is 0 Å². The first-order valence-corrected chi connectivity index (χ1v) is 7.17. The summed E-state index contributed by atoms with van der Waals surface area (Å²) < 4.78 is 1.20. The molecule has 0 fully saturated rings. The molecule has 3 heterocycles. The topological polar surface area (TPSA) is 53.6 Å². The third-order valence-electron chi connectivity index (χ3n) is 3.18. The zero-order valence-corrected chi connectivity index (χ0v) is 11.7. The van der Waals surface area contributed by atoms with Crippen LogP contribution < -0.4 is 5.32 Å². The molecule has 0 bridgehead atoms. The van der Waals surface area contributed by atoms with E-state index in [0.717, 1.165) is 32.9 Å². The van der Waals surface area contributed by atoms with E-state index in [4.69, 9.17) is 0 Å². The monoisotopic (exact) mass is 280 g/mol. The van der Waals surface area contributed by atoms with Gasteiger partial charge in [-0.25, -0.2) is 9.97 Å². The van der Waals surface area contributed by atoms with Gasteiger partial charge in [0.1, 0.15) is 5.65 Å². The maximum absolute atomic E-state index is 4.47. The summed E-state index contributed by atoms with van der Waals surface area (Å²) in [5.41, 5.74) is 4.00. The number of hydrogen-bond donors (Lipinski definition) is 2. The highest BCUT2D eigenvalue weighted by molar-refractivity contribution is 7.18. The van der Waals surface area contributed by atoms with Gasteiger partial charge in [0, 0.05) is 17.3 Å². The van der Waals surface area contributed by atoms with Crippen molar-refractivity contribution in [1.82, 2.24) is 15.0 Å². The summed E-state index contributed by atoms with van der Waals surface area (Å²) in [7, 11) is 0. The molecule has 0 aliphatic carbocycles. The van der Waals surface area contributed by atoms with E-state index < -0.39 is 0 Å². The van der Waals surface area contributed by atoms with Crippen molar-refractivity contribution in [2.24, 2.45) is 0 Å². The highest BCUT2D eigenvalue weighted by atomic mass is 32.1. The third kappa shape index (κ3) is 1.92. The molecule has 0 spiro atoms. The molecule has 2 N–H and O–H groups in total. The van der Waals surface area contributed by atoms with E-state index in [1.807, 2.05) is 37.5 Å². The van der Waals surface area contributed by atoms with Gasteiger partial charge < -0.3 is 10.3 Å². The van der Waals surface area contributed by atoms with Crippen LogP contribution in [0.4, 0.5) is 11.4 Å². The second-order valence-electron chi connectivity index (χ2n) is 4.68. The molecule has 3 aromatic heterocycles. The third-order valence-corrected chi connectivity index (χ3v) is 4.12. The van der Waals surface area contributed by atoms with E-state index in [1.54, 1.807) is 11.3 Å². The largest absolute Gasteiger partial charge is 0.354 e. The predicted molar refractivity (Wildman–Crippen MR) is 83.7 cm³/mol. The van der Waals surface area contributed by atoms with Gasteiger partial charge in [-0.2, -0.15) is 0 Å². The highest BCUT2D eigenvalue weighted by Crippen LogP contribution is 2.27. The van der Waals surface area contributed by atoms with E-state index in [9.17, 15) is 0 Å². The summed E-state index contributed by atoms with van der Waals surface area (Å²) in [6.07, 6.45) is 3.73. The van der Waals surface area contributed by atoms with E-state index in [0.29, 0.717) is 0 Å². The molecule has 0 radical (unpaired) electrons. The van der Waals surface area contributed by atoms with Crippen molar-refractivity contribution in [3.8, 4) is 0 Å². The molecule has 0 saturated heterocycles. The molecule has 4 aromatic rings. The number of pyridine rings is 1. The number of hydrogen-bond acceptors (Lipinski definition) is 4. The minimum atomic E-state index is 0.907. The number of thiazole rings is 1. The number of rotatable bonds is 2. The lowest BCUT2D eigenvalue weighted by atomic mass is 10.2. The van der Waals surface area contributed by atoms with Crippen molar-refractivity contribution in [2.75, 3.05) is 5.32 Å². The van der Waals surface area contributed by atoms with Gasteiger partial charge in [0.25, 0.3) is 0 Å². The number of aromatic nitrogens is 3. The van der Waals surface area contributed by atoms with Crippen LogP contribution in [0.2, 0.25) is 0 Å². The number of benzene rings is 1. The van der Waals surface area contributed by atoms with Gasteiger partial charge in [0.05, 0.1) is 27.1 Å². The number of aryl methyl sites for hydroxylation is 1. The molecule has 5 heteroatoms. The molecule has 4 rings (SSSR count). The van der Waals surface area contributed by atoms with Crippen LogP contribution in [-0.2, 0) is 0 Å². The van der Waals surface area contributed by atoms with Crippen molar-refractivity contribution < 1.29 is 0 Å². The standard InChI is InChI=1S/C15H12N4S/c1-9-18-13-3-2-11(7-14(13)20-9)19-12-6-10-4-5-16-15(10)17-8-12/h2-8,19H,1H3,(H,16,17). The van der Waals surface area contributed by atoms with Crippen molar-refractivity contribution >= 4 is 44.0 Å². The van der Waals surface area contributed by atoms with Crippen LogP contribution in [0, 0.1) is 6.92 Å². The number of anilines is 2. The molecule has 1 aromatic carbocycles. The van der Waals surface area contributed by atoms with Crippen LogP contribution in [0.5, 0.6) is 0 Å². The van der Waals surface area contributed by atoms with Gasteiger partial charge in [0.2, 0.25) is 0 Å². The molecule has 0 saturated carbocycles. The van der Waals surface area contributed by atoms with Crippen LogP contribution in [-0.4, -0.2) is 15.0 Å². The SMILES string of the molecule is Cc1nc2ccc(Nc3cnc4[nH]ccc4c3)cc2s1. The molecular weight excluding hydrogens is 268 g/mol. The molecule has 20 heavy (non-hydrogen) atoms. The lowest BCUT2D eigenvalue weighted by molar-refractivity contribution is 1.32. The second-order valence-corrected chi connectivity index (χ2v) is 5.91. The van der Waals surface area contributed by atoms with Crippen molar-refractivity contribution in [2.45, 2.75) is 6.92 Å². The number of H-pyrrole nitrogens is 1. The Labute approximate surface area is 119 Å². The molecule has 0 aliphatic rings. The van der Waals surface area contributed by atoms with Crippen molar-refractivity contribution in [3.05, 3.63) is 47.7 Å². The van der Waals surface area contributed by atoms with Gasteiger partial charge in [-0.05, 0) is 37.3 Å². The van der Waals surface area contributed by atoms with Gasteiger partial charge in [-0.3, -0.25) is 0 Å². The fourth-order valence-corrected chi connectivity index (χ4v) is 3.16. The zero-order chi connectivity index (χ0) is 13.5.